The minimum Gasteiger partial charge on any atom is -0.323 e. The molecule has 2 N–H and O–H groups in total. The number of aromatic nitrogens is 3. The molecule has 1 atom stereocenters. The number of pyridine rings is 1. The van der Waals surface area contributed by atoms with Crippen LogP contribution in [0.5, 0.6) is 0 Å². The van der Waals surface area contributed by atoms with E-state index in [4.69, 9.17) is 5.73 Å². The number of hydrogen-bond acceptors (Lipinski definition) is 3. The van der Waals surface area contributed by atoms with Crippen LogP contribution in [0.2, 0.25) is 0 Å². The first-order valence-corrected chi connectivity index (χ1v) is 9.50. The second kappa shape index (κ2) is 7.44. The molecule has 4 rings (SSSR count). The lowest BCUT2D eigenvalue weighted by atomic mass is 9.99. The second-order valence-corrected chi connectivity index (χ2v) is 7.24. The first-order valence-electron chi connectivity index (χ1n) is 9.50. The topological polar surface area (TPSA) is 65.8 Å². The van der Waals surface area contributed by atoms with Gasteiger partial charge in [0.2, 0.25) is 0 Å². The molecule has 0 aliphatic carbocycles. The summed E-state index contributed by atoms with van der Waals surface area (Å²) in [6, 6.07) is 17.5. The Kier molecular flexibility index (Phi) is 4.84. The smallest absolute Gasteiger partial charge is 0.263 e. The Bertz CT molecular complexity index is 1170. The van der Waals surface area contributed by atoms with Gasteiger partial charge >= 0.3 is 0 Å². The minimum atomic E-state index is -0.253. The summed E-state index contributed by atoms with van der Waals surface area (Å²) >= 11 is 0. The average Bonchev–Trinajstić information content (AvgIpc) is 3.11. The maximum Gasteiger partial charge on any atom is 0.263 e. The van der Waals surface area contributed by atoms with Crippen molar-refractivity contribution in [1.29, 1.82) is 0 Å². The highest BCUT2D eigenvalue weighted by molar-refractivity contribution is 5.86. The van der Waals surface area contributed by atoms with Gasteiger partial charge in [0.05, 0.1) is 11.6 Å². The molecule has 2 aromatic carbocycles. The molecule has 0 fully saturated rings. The zero-order valence-electron chi connectivity index (χ0n) is 16.2. The Labute approximate surface area is 164 Å². The highest BCUT2D eigenvalue weighted by Crippen LogP contribution is 2.23. The normalized spacial score (nSPS) is 12.4. The number of rotatable bonds is 5. The van der Waals surface area contributed by atoms with Crippen LogP contribution >= 0.6 is 0 Å². The molecule has 4 aromatic rings. The quantitative estimate of drug-likeness (QED) is 0.583. The van der Waals surface area contributed by atoms with Gasteiger partial charge in [0.15, 0.2) is 0 Å². The Morgan fingerprint density at radius 2 is 1.86 bits per heavy atom. The molecular formula is C23H24N4O. The van der Waals surface area contributed by atoms with Gasteiger partial charge in [-0.25, -0.2) is 0 Å². The van der Waals surface area contributed by atoms with E-state index in [1.165, 1.54) is 0 Å². The van der Waals surface area contributed by atoms with Crippen LogP contribution in [0.3, 0.4) is 0 Å². The van der Waals surface area contributed by atoms with Crippen molar-refractivity contribution in [1.82, 2.24) is 14.3 Å². The summed E-state index contributed by atoms with van der Waals surface area (Å²) in [5, 5.41) is 5.93. The van der Waals surface area contributed by atoms with Crippen LogP contribution in [0.15, 0.2) is 71.8 Å². The Balaban J connectivity index is 1.88. The number of nitrogens with zero attached hydrogens (tertiary/aromatic N) is 3. The number of hydrogen-bond donors (Lipinski definition) is 1. The van der Waals surface area contributed by atoms with Gasteiger partial charge in [-0.2, -0.15) is 5.10 Å². The van der Waals surface area contributed by atoms with Gasteiger partial charge in [0.25, 0.3) is 5.56 Å². The minimum absolute atomic E-state index is 0.0159. The summed E-state index contributed by atoms with van der Waals surface area (Å²) in [4.78, 5) is 13.6. The summed E-state index contributed by atoms with van der Waals surface area (Å²) in [7, 11) is 1.91. The van der Waals surface area contributed by atoms with E-state index >= 15 is 0 Å². The van der Waals surface area contributed by atoms with Crippen molar-refractivity contribution < 1.29 is 0 Å². The molecule has 0 aliphatic heterocycles. The third-order valence-corrected chi connectivity index (χ3v) is 5.08. The molecule has 5 nitrogen and oxygen atoms in total. The molecule has 0 amide bonds. The first-order chi connectivity index (χ1) is 13.5. The largest absolute Gasteiger partial charge is 0.323 e. The van der Waals surface area contributed by atoms with Gasteiger partial charge in [-0.15, -0.1) is 0 Å². The van der Waals surface area contributed by atoms with Gasteiger partial charge < -0.3 is 5.73 Å². The molecule has 0 unspecified atom stereocenters. The maximum absolute atomic E-state index is 13.6. The van der Waals surface area contributed by atoms with Crippen LogP contribution in [0.1, 0.15) is 29.8 Å². The molecule has 142 valence electrons. The fourth-order valence-corrected chi connectivity index (χ4v) is 3.72. The van der Waals surface area contributed by atoms with Crippen LogP contribution in [0.25, 0.3) is 16.5 Å². The van der Waals surface area contributed by atoms with E-state index in [2.05, 4.69) is 5.10 Å². The molecule has 0 bridgehead atoms. The number of para-hydroxylation sites is 1. The van der Waals surface area contributed by atoms with Crippen molar-refractivity contribution in [2.24, 2.45) is 12.8 Å². The predicted molar refractivity (Wildman–Crippen MR) is 113 cm³/mol. The summed E-state index contributed by atoms with van der Waals surface area (Å²) in [5.74, 6) is 0. The molecule has 0 radical (unpaired) electrons. The van der Waals surface area contributed by atoms with Crippen LogP contribution in [-0.4, -0.2) is 14.3 Å². The van der Waals surface area contributed by atoms with Crippen molar-refractivity contribution in [2.45, 2.75) is 25.8 Å². The molecule has 0 saturated heterocycles. The van der Waals surface area contributed by atoms with Crippen molar-refractivity contribution in [3.8, 4) is 5.69 Å². The van der Waals surface area contributed by atoms with E-state index in [9.17, 15) is 4.79 Å². The van der Waals surface area contributed by atoms with Crippen LogP contribution in [-0.2, 0) is 19.9 Å². The van der Waals surface area contributed by atoms with Crippen molar-refractivity contribution in [3.63, 3.8) is 0 Å². The number of fused-ring (bicyclic) bond motifs is 1. The van der Waals surface area contributed by atoms with E-state index in [1.807, 2.05) is 81.0 Å². The predicted octanol–water partition coefficient (Wildman–Crippen LogP) is 3.53. The lowest BCUT2D eigenvalue weighted by molar-refractivity contribution is 0.734. The van der Waals surface area contributed by atoms with E-state index < -0.39 is 0 Å². The molecular weight excluding hydrogens is 348 g/mol. The summed E-state index contributed by atoms with van der Waals surface area (Å²) in [6.45, 7) is 1.91. The summed E-state index contributed by atoms with van der Waals surface area (Å²) in [6.07, 6.45) is 5.51. The van der Waals surface area contributed by atoms with E-state index in [0.717, 1.165) is 46.1 Å². The third kappa shape index (κ3) is 3.37. The fraction of sp³-hybridized carbons (Fsp3) is 0.217. The zero-order valence-corrected chi connectivity index (χ0v) is 16.2. The third-order valence-electron chi connectivity index (χ3n) is 5.08. The first kappa shape index (κ1) is 18.2. The van der Waals surface area contributed by atoms with Crippen molar-refractivity contribution in [3.05, 3.63) is 94.2 Å². The SMILES string of the molecule is C[C@H](N)c1cc2cccc(CCc3cnn(C)c3)c2c(=O)n1-c1ccccc1. The number of benzene rings is 2. The van der Waals surface area contributed by atoms with E-state index in [1.54, 1.807) is 9.25 Å². The van der Waals surface area contributed by atoms with Crippen LogP contribution < -0.4 is 11.3 Å². The lowest BCUT2D eigenvalue weighted by Gasteiger charge is -2.18. The highest BCUT2D eigenvalue weighted by atomic mass is 16.1. The summed E-state index contributed by atoms with van der Waals surface area (Å²) in [5.41, 5.74) is 10.1. The van der Waals surface area contributed by atoms with Crippen LogP contribution in [0.4, 0.5) is 0 Å². The Morgan fingerprint density at radius 1 is 1.07 bits per heavy atom. The van der Waals surface area contributed by atoms with E-state index in [0.29, 0.717) is 0 Å². The molecule has 5 heteroatoms. The molecule has 28 heavy (non-hydrogen) atoms. The van der Waals surface area contributed by atoms with Crippen molar-refractivity contribution >= 4 is 10.8 Å². The summed E-state index contributed by atoms with van der Waals surface area (Å²) < 4.78 is 3.55. The van der Waals surface area contributed by atoms with Crippen LogP contribution in [0, 0.1) is 0 Å². The van der Waals surface area contributed by atoms with Gasteiger partial charge in [0.1, 0.15) is 0 Å². The fourth-order valence-electron chi connectivity index (χ4n) is 3.72. The van der Waals surface area contributed by atoms with Crippen molar-refractivity contribution in [2.75, 3.05) is 0 Å². The molecule has 0 saturated carbocycles. The Morgan fingerprint density at radius 3 is 2.54 bits per heavy atom. The molecule has 2 heterocycles. The lowest BCUT2D eigenvalue weighted by Crippen LogP contribution is -2.26. The molecule has 0 spiro atoms. The average molecular weight is 372 g/mol. The maximum atomic E-state index is 13.6. The standard InChI is InChI=1S/C23H24N4O/c1-16(24)21-13-19-8-6-7-18(12-11-17-14-25-26(2)15-17)22(19)23(28)27(21)20-9-4-3-5-10-20/h3-10,13-16H,11-12,24H2,1-2H3/t16-/m0/s1. The molecule has 2 aromatic heterocycles. The van der Waals surface area contributed by atoms with Gasteiger partial charge in [-0.3, -0.25) is 14.0 Å². The molecule has 0 aliphatic rings. The Hall–Kier alpha value is -3.18. The van der Waals surface area contributed by atoms with Gasteiger partial charge in [0, 0.05) is 30.7 Å². The monoisotopic (exact) mass is 372 g/mol. The number of aryl methyl sites for hydroxylation is 3. The van der Waals surface area contributed by atoms with Gasteiger partial charge in [-0.1, -0.05) is 36.4 Å². The number of nitrogens with two attached hydrogens (primary N) is 1. The van der Waals surface area contributed by atoms with E-state index in [-0.39, 0.29) is 11.6 Å². The highest BCUT2D eigenvalue weighted by Gasteiger charge is 2.16. The second-order valence-electron chi connectivity index (χ2n) is 7.24. The zero-order chi connectivity index (χ0) is 19.7. The van der Waals surface area contributed by atoms with Gasteiger partial charge in [-0.05, 0) is 54.5 Å².